The molecule has 5 heteroatoms. The van der Waals surface area contributed by atoms with Gasteiger partial charge in [-0.05, 0) is 18.2 Å². The lowest BCUT2D eigenvalue weighted by atomic mass is 10.4. The lowest BCUT2D eigenvalue weighted by Gasteiger charge is -2.01. The van der Waals surface area contributed by atoms with Crippen LogP contribution in [0.2, 0.25) is 0 Å². The number of fused-ring (bicyclic) bond motifs is 1. The molecule has 2 aromatic heterocycles. The average Bonchev–Trinajstić information content (AvgIpc) is 2.47. The van der Waals surface area contributed by atoms with Gasteiger partial charge in [0.15, 0.2) is 9.84 Å². The Bertz CT molecular complexity index is 557. The van der Waals surface area contributed by atoms with E-state index in [4.69, 9.17) is 0 Å². The molecule has 2 aromatic rings. The maximum atomic E-state index is 11.1. The van der Waals surface area contributed by atoms with E-state index in [1.807, 2.05) is 6.07 Å². The smallest absolute Gasteiger partial charge is 0.165 e. The summed E-state index contributed by atoms with van der Waals surface area (Å²) in [6, 6.07) is 5.45. The van der Waals surface area contributed by atoms with Crippen molar-refractivity contribution in [2.45, 2.75) is 5.88 Å². The van der Waals surface area contributed by atoms with Crippen LogP contribution in [0, 0.1) is 0 Å². The van der Waals surface area contributed by atoms with E-state index in [2.05, 4.69) is 4.98 Å². The number of aromatic nitrogens is 2. The highest BCUT2D eigenvalue weighted by Crippen LogP contribution is 2.12. The average molecular weight is 210 g/mol. The molecule has 0 unspecified atom stereocenters. The lowest BCUT2D eigenvalue weighted by molar-refractivity contribution is 0.592. The summed E-state index contributed by atoms with van der Waals surface area (Å²) in [5.41, 5.74) is 1.66. The van der Waals surface area contributed by atoms with Crippen LogP contribution in [-0.2, 0) is 15.7 Å². The first-order chi connectivity index (χ1) is 6.56. The zero-order chi connectivity index (χ0) is 10.2. The third-order valence-corrected chi connectivity index (χ3v) is 2.66. The Kier molecular flexibility index (Phi) is 2.03. The Balaban J connectivity index is 2.54. The van der Waals surface area contributed by atoms with Crippen LogP contribution in [0.4, 0.5) is 0 Å². The molecule has 0 aliphatic rings. The fourth-order valence-corrected chi connectivity index (χ4v) is 2.12. The van der Waals surface area contributed by atoms with Gasteiger partial charge in [0.1, 0.15) is 5.88 Å². The van der Waals surface area contributed by atoms with Crippen LogP contribution in [0.5, 0.6) is 0 Å². The SMILES string of the molecule is CS(=O)(=O)Cn1ccc2ncccc21. The monoisotopic (exact) mass is 210 g/mol. The van der Waals surface area contributed by atoms with Crippen molar-refractivity contribution in [1.82, 2.24) is 9.55 Å². The predicted octanol–water partition coefficient (Wildman–Crippen LogP) is 1.04. The molecular formula is C9H10N2O2S. The van der Waals surface area contributed by atoms with Crippen LogP contribution in [0.25, 0.3) is 11.0 Å². The van der Waals surface area contributed by atoms with Crippen molar-refractivity contribution >= 4 is 20.9 Å². The van der Waals surface area contributed by atoms with E-state index in [1.54, 1.807) is 29.1 Å². The van der Waals surface area contributed by atoms with Gasteiger partial charge in [-0.1, -0.05) is 0 Å². The first-order valence-electron chi connectivity index (χ1n) is 4.14. The molecule has 0 radical (unpaired) electrons. The number of nitrogens with zero attached hydrogens (tertiary/aromatic N) is 2. The molecule has 2 heterocycles. The summed E-state index contributed by atoms with van der Waals surface area (Å²) in [4.78, 5) is 4.12. The van der Waals surface area contributed by atoms with Gasteiger partial charge in [0.05, 0.1) is 11.0 Å². The molecule has 0 spiro atoms. The van der Waals surface area contributed by atoms with Gasteiger partial charge in [-0.3, -0.25) is 4.98 Å². The van der Waals surface area contributed by atoms with Crippen LogP contribution in [0.15, 0.2) is 30.6 Å². The van der Waals surface area contributed by atoms with Crippen LogP contribution < -0.4 is 0 Å². The molecule has 2 rings (SSSR count). The van der Waals surface area contributed by atoms with Gasteiger partial charge >= 0.3 is 0 Å². The first-order valence-corrected chi connectivity index (χ1v) is 6.20. The molecule has 0 aromatic carbocycles. The van der Waals surface area contributed by atoms with Gasteiger partial charge in [0.25, 0.3) is 0 Å². The van der Waals surface area contributed by atoms with Crippen LogP contribution in [0.1, 0.15) is 0 Å². The summed E-state index contributed by atoms with van der Waals surface area (Å²) < 4.78 is 23.9. The molecule has 74 valence electrons. The number of hydrogen-bond acceptors (Lipinski definition) is 3. The second kappa shape index (κ2) is 3.09. The molecule has 0 amide bonds. The van der Waals surface area contributed by atoms with Crippen LogP contribution in [-0.4, -0.2) is 24.2 Å². The molecule has 0 atom stereocenters. The van der Waals surface area contributed by atoms with Gasteiger partial charge in [-0.2, -0.15) is 0 Å². The van der Waals surface area contributed by atoms with Gasteiger partial charge in [0, 0.05) is 18.6 Å². The van der Waals surface area contributed by atoms with Gasteiger partial charge in [0.2, 0.25) is 0 Å². The minimum atomic E-state index is -3.00. The van der Waals surface area contributed by atoms with E-state index >= 15 is 0 Å². The maximum absolute atomic E-state index is 11.1. The molecule has 4 nitrogen and oxygen atoms in total. The predicted molar refractivity (Wildman–Crippen MR) is 54.6 cm³/mol. The fourth-order valence-electron chi connectivity index (χ4n) is 1.39. The molecule has 14 heavy (non-hydrogen) atoms. The van der Waals surface area contributed by atoms with Crippen LogP contribution in [0.3, 0.4) is 0 Å². The zero-order valence-electron chi connectivity index (χ0n) is 7.71. The number of rotatable bonds is 2. The third kappa shape index (κ3) is 1.77. The highest BCUT2D eigenvalue weighted by molar-refractivity contribution is 7.89. The van der Waals surface area contributed by atoms with Crippen molar-refractivity contribution < 1.29 is 8.42 Å². The molecular weight excluding hydrogens is 200 g/mol. The van der Waals surface area contributed by atoms with Crippen molar-refractivity contribution in [3.63, 3.8) is 0 Å². The molecule has 0 saturated carbocycles. The Morgan fingerprint density at radius 3 is 2.93 bits per heavy atom. The topological polar surface area (TPSA) is 52.0 Å². The summed E-state index contributed by atoms with van der Waals surface area (Å²) in [5, 5.41) is 0. The van der Waals surface area contributed by atoms with E-state index in [0.717, 1.165) is 11.0 Å². The Morgan fingerprint density at radius 2 is 2.21 bits per heavy atom. The second-order valence-corrected chi connectivity index (χ2v) is 5.36. The zero-order valence-corrected chi connectivity index (χ0v) is 8.53. The van der Waals surface area contributed by atoms with Crippen molar-refractivity contribution in [3.8, 4) is 0 Å². The van der Waals surface area contributed by atoms with Gasteiger partial charge in [-0.25, -0.2) is 8.42 Å². The lowest BCUT2D eigenvalue weighted by Crippen LogP contribution is -2.07. The highest BCUT2D eigenvalue weighted by atomic mass is 32.2. The van der Waals surface area contributed by atoms with Crippen molar-refractivity contribution in [2.24, 2.45) is 0 Å². The third-order valence-electron chi connectivity index (χ3n) is 1.91. The second-order valence-electron chi connectivity index (χ2n) is 3.25. The summed E-state index contributed by atoms with van der Waals surface area (Å²) in [6.07, 6.45) is 4.64. The maximum Gasteiger partial charge on any atom is 0.165 e. The molecule has 0 fully saturated rings. The first kappa shape index (κ1) is 9.21. The Morgan fingerprint density at radius 1 is 1.43 bits per heavy atom. The summed E-state index contributed by atoms with van der Waals surface area (Å²) in [5.74, 6) is 0.00218. The fraction of sp³-hybridized carbons (Fsp3) is 0.222. The quantitative estimate of drug-likeness (QED) is 0.744. The highest BCUT2D eigenvalue weighted by Gasteiger charge is 2.06. The summed E-state index contributed by atoms with van der Waals surface area (Å²) in [6.45, 7) is 0. The summed E-state index contributed by atoms with van der Waals surface area (Å²) >= 11 is 0. The molecule has 0 bridgehead atoms. The number of sulfone groups is 1. The largest absolute Gasteiger partial charge is 0.331 e. The Hall–Kier alpha value is -1.36. The normalized spacial score (nSPS) is 12.1. The van der Waals surface area contributed by atoms with E-state index in [0.29, 0.717) is 0 Å². The van der Waals surface area contributed by atoms with E-state index in [9.17, 15) is 8.42 Å². The standard InChI is InChI=1S/C9H10N2O2S/c1-14(12,13)7-11-6-4-8-9(11)3-2-5-10-8/h2-6H,7H2,1H3. The van der Waals surface area contributed by atoms with Crippen molar-refractivity contribution in [2.75, 3.05) is 6.26 Å². The number of pyridine rings is 1. The van der Waals surface area contributed by atoms with Crippen molar-refractivity contribution in [3.05, 3.63) is 30.6 Å². The molecule has 0 saturated heterocycles. The number of hydrogen-bond donors (Lipinski definition) is 0. The molecule has 0 aliphatic heterocycles. The van der Waals surface area contributed by atoms with E-state index < -0.39 is 9.84 Å². The van der Waals surface area contributed by atoms with E-state index in [-0.39, 0.29) is 5.88 Å². The van der Waals surface area contributed by atoms with Gasteiger partial charge in [-0.15, -0.1) is 0 Å². The minimum absolute atomic E-state index is 0.00218. The minimum Gasteiger partial charge on any atom is -0.331 e. The van der Waals surface area contributed by atoms with Gasteiger partial charge < -0.3 is 4.57 Å². The molecule has 0 N–H and O–H groups in total. The van der Waals surface area contributed by atoms with E-state index in [1.165, 1.54) is 6.26 Å². The van der Waals surface area contributed by atoms with Crippen LogP contribution >= 0.6 is 0 Å². The van der Waals surface area contributed by atoms with Crippen molar-refractivity contribution in [1.29, 1.82) is 0 Å². The summed E-state index contributed by atoms with van der Waals surface area (Å²) in [7, 11) is -3.00. The Labute approximate surface area is 82.1 Å². The molecule has 0 aliphatic carbocycles.